The Morgan fingerprint density at radius 2 is 1.68 bits per heavy atom. The number of carbonyl (C=O) groups is 1. The van der Waals surface area contributed by atoms with Crippen molar-refractivity contribution in [1.29, 1.82) is 0 Å². The van der Waals surface area contributed by atoms with Gasteiger partial charge in [0.15, 0.2) is 0 Å². The summed E-state index contributed by atoms with van der Waals surface area (Å²) in [6.45, 7) is 4.95. The Morgan fingerprint density at radius 1 is 1.09 bits per heavy atom. The van der Waals surface area contributed by atoms with Crippen LogP contribution in [0, 0.1) is 17.8 Å². The number of rotatable bonds is 3. The highest BCUT2D eigenvalue weighted by Crippen LogP contribution is 2.59. The van der Waals surface area contributed by atoms with Gasteiger partial charge in [-0.1, -0.05) is 0 Å². The van der Waals surface area contributed by atoms with Gasteiger partial charge in [0.05, 0.1) is 0 Å². The van der Waals surface area contributed by atoms with Gasteiger partial charge in [-0.15, -0.1) is 0 Å². The quantitative estimate of drug-likeness (QED) is 0.387. The van der Waals surface area contributed by atoms with Gasteiger partial charge in [0, 0.05) is 11.8 Å². The molecule has 0 N–H and O–H groups in total. The van der Waals surface area contributed by atoms with Crippen LogP contribution >= 0.6 is 15.9 Å². The first-order valence-corrected chi connectivity index (χ1v) is 7.94. The van der Waals surface area contributed by atoms with Crippen molar-refractivity contribution in [2.24, 2.45) is 17.8 Å². The van der Waals surface area contributed by atoms with Crippen LogP contribution in [0.1, 0.15) is 40.0 Å². The minimum atomic E-state index is -4.27. The maximum atomic E-state index is 13.9. The first-order valence-electron chi connectivity index (χ1n) is 7.15. The van der Waals surface area contributed by atoms with E-state index in [1.54, 1.807) is 36.7 Å². The Balaban J connectivity index is 2.05. The Labute approximate surface area is 134 Å². The number of carbonyl (C=O) groups excluding carboxylic acids is 1. The Hall–Kier alpha value is -0.530. The lowest BCUT2D eigenvalue weighted by Crippen LogP contribution is -2.47. The zero-order valence-electron chi connectivity index (χ0n) is 12.5. The summed E-state index contributed by atoms with van der Waals surface area (Å²) in [5, 5.41) is 0. The minimum Gasteiger partial charge on any atom is -0.431 e. The zero-order chi connectivity index (χ0) is 16.9. The summed E-state index contributed by atoms with van der Waals surface area (Å²) in [6, 6.07) is 0. The summed E-state index contributed by atoms with van der Waals surface area (Å²) in [4.78, 5) is 7.38. The molecule has 4 unspecified atom stereocenters. The van der Waals surface area contributed by atoms with Crippen molar-refractivity contribution in [3.8, 4) is 0 Å². The molecular formula is C14H19BrF4O3. The van der Waals surface area contributed by atoms with Crippen LogP contribution in [-0.4, -0.2) is 28.6 Å². The maximum absolute atomic E-state index is 13.9. The number of fused-ring (bicyclic) bond motifs is 2. The highest BCUT2D eigenvalue weighted by Gasteiger charge is 2.66. The van der Waals surface area contributed by atoms with Crippen LogP contribution in [-0.2, 0) is 9.47 Å². The minimum absolute atomic E-state index is 0.0209. The van der Waals surface area contributed by atoms with Crippen molar-refractivity contribution in [2.45, 2.75) is 62.5 Å². The number of ether oxygens (including phenoxy) is 2. The fourth-order valence-electron chi connectivity index (χ4n) is 3.45. The number of hydrogen-bond donors (Lipinski definition) is 0. The second-order valence-corrected chi connectivity index (χ2v) is 8.08. The maximum Gasteiger partial charge on any atom is 0.509 e. The van der Waals surface area contributed by atoms with E-state index in [4.69, 9.17) is 9.47 Å². The topological polar surface area (TPSA) is 35.5 Å². The van der Waals surface area contributed by atoms with Crippen LogP contribution in [0.4, 0.5) is 22.4 Å². The molecule has 0 aromatic rings. The summed E-state index contributed by atoms with van der Waals surface area (Å²) in [6.07, 6.45) is -0.925. The van der Waals surface area contributed by atoms with Crippen molar-refractivity contribution < 1.29 is 31.8 Å². The molecule has 0 spiro atoms. The van der Waals surface area contributed by atoms with Gasteiger partial charge < -0.3 is 9.47 Å². The Kier molecular flexibility index (Phi) is 4.48. The average Bonchev–Trinajstić information content (AvgIpc) is 2.83. The van der Waals surface area contributed by atoms with E-state index in [9.17, 15) is 22.4 Å². The molecule has 0 aliphatic heterocycles. The monoisotopic (exact) mass is 390 g/mol. The van der Waals surface area contributed by atoms with Crippen LogP contribution in [0.2, 0.25) is 0 Å². The molecule has 4 atom stereocenters. The van der Waals surface area contributed by atoms with Crippen molar-refractivity contribution in [3.63, 3.8) is 0 Å². The lowest BCUT2D eigenvalue weighted by atomic mass is 9.82. The van der Waals surface area contributed by atoms with Crippen LogP contribution in [0.15, 0.2) is 0 Å². The second kappa shape index (κ2) is 5.53. The van der Waals surface area contributed by atoms with Gasteiger partial charge in [-0.3, -0.25) is 0 Å². The first-order chi connectivity index (χ1) is 9.81. The molecule has 8 heteroatoms. The molecule has 0 aromatic heterocycles. The van der Waals surface area contributed by atoms with E-state index in [0.29, 0.717) is 12.8 Å². The van der Waals surface area contributed by atoms with Crippen LogP contribution < -0.4 is 0 Å². The van der Waals surface area contributed by atoms with Gasteiger partial charge in [-0.25, -0.2) is 4.79 Å². The molecule has 2 fully saturated rings. The van der Waals surface area contributed by atoms with Crippen LogP contribution in [0.25, 0.3) is 0 Å². The van der Waals surface area contributed by atoms with Gasteiger partial charge in [0.1, 0.15) is 11.7 Å². The Bertz CT molecular complexity index is 444. The van der Waals surface area contributed by atoms with Gasteiger partial charge >= 0.3 is 16.9 Å². The molecular weight excluding hydrogens is 372 g/mol. The van der Waals surface area contributed by atoms with E-state index in [1.807, 2.05) is 0 Å². The number of hydrogen-bond acceptors (Lipinski definition) is 3. The summed E-state index contributed by atoms with van der Waals surface area (Å²) in [5.74, 6) is -6.57. The molecule has 0 amide bonds. The van der Waals surface area contributed by atoms with E-state index in [-0.39, 0.29) is 12.3 Å². The molecule has 22 heavy (non-hydrogen) atoms. The molecule has 0 heterocycles. The highest BCUT2D eigenvalue weighted by molar-refractivity contribution is 9.10. The molecule has 0 aromatic carbocycles. The molecule has 2 aliphatic rings. The van der Waals surface area contributed by atoms with Gasteiger partial charge in [-0.05, 0) is 61.9 Å². The molecule has 128 valence electrons. The molecule has 2 saturated carbocycles. The summed E-state index contributed by atoms with van der Waals surface area (Å²) >= 11 is 1.78. The third kappa shape index (κ3) is 3.51. The smallest absolute Gasteiger partial charge is 0.431 e. The second-order valence-electron chi connectivity index (χ2n) is 7.08. The van der Waals surface area contributed by atoms with E-state index >= 15 is 0 Å². The summed E-state index contributed by atoms with van der Waals surface area (Å²) in [5.41, 5.74) is -0.763. The molecule has 3 nitrogen and oxygen atoms in total. The normalized spacial score (nSPS) is 32.2. The first kappa shape index (κ1) is 17.8. The van der Waals surface area contributed by atoms with E-state index < -0.39 is 40.5 Å². The van der Waals surface area contributed by atoms with Gasteiger partial charge in [0.25, 0.3) is 0 Å². The van der Waals surface area contributed by atoms with Crippen molar-refractivity contribution in [1.82, 2.24) is 0 Å². The lowest BCUT2D eigenvalue weighted by Gasteiger charge is -2.36. The van der Waals surface area contributed by atoms with E-state index in [1.165, 1.54) is 0 Å². The largest absolute Gasteiger partial charge is 0.509 e. The molecule has 2 rings (SSSR count). The molecule has 2 bridgehead atoms. The summed E-state index contributed by atoms with van der Waals surface area (Å²) < 4.78 is 64.2. The fourth-order valence-corrected chi connectivity index (χ4v) is 3.74. The Morgan fingerprint density at radius 3 is 2.14 bits per heavy atom. The van der Waals surface area contributed by atoms with Crippen molar-refractivity contribution in [3.05, 3.63) is 0 Å². The SMILES string of the molecule is CC(C)(C)OC(=O)OC1CC2CC1C(C(F)(F)C(F)(F)Br)C2. The van der Waals surface area contributed by atoms with Crippen LogP contribution in [0.5, 0.6) is 0 Å². The van der Waals surface area contributed by atoms with E-state index in [2.05, 4.69) is 0 Å². The predicted molar refractivity (Wildman–Crippen MR) is 74.2 cm³/mol. The third-order valence-electron chi connectivity index (χ3n) is 4.23. The van der Waals surface area contributed by atoms with Crippen molar-refractivity contribution >= 4 is 22.1 Å². The lowest BCUT2D eigenvalue weighted by molar-refractivity contribution is -0.200. The standard InChI is InChI=1S/C14H19BrF4O3/c1-12(2,3)22-11(20)21-10-6-7-4-8(10)9(5-7)13(16,17)14(15,18)19/h7-10H,4-6H2,1-3H3. The summed E-state index contributed by atoms with van der Waals surface area (Å²) in [7, 11) is 0. The third-order valence-corrected chi connectivity index (χ3v) is 4.76. The average molecular weight is 391 g/mol. The van der Waals surface area contributed by atoms with Crippen LogP contribution in [0.3, 0.4) is 0 Å². The zero-order valence-corrected chi connectivity index (χ0v) is 14.1. The predicted octanol–water partition coefficient (Wildman–Crippen LogP) is 4.98. The molecule has 0 radical (unpaired) electrons. The van der Waals surface area contributed by atoms with Gasteiger partial charge in [0.2, 0.25) is 0 Å². The van der Waals surface area contributed by atoms with Crippen molar-refractivity contribution in [2.75, 3.05) is 0 Å². The number of alkyl halides is 5. The molecule has 0 saturated heterocycles. The highest BCUT2D eigenvalue weighted by atomic mass is 79.9. The fraction of sp³-hybridized carbons (Fsp3) is 0.929. The van der Waals surface area contributed by atoms with Gasteiger partial charge in [-0.2, -0.15) is 17.6 Å². The molecule has 2 aliphatic carbocycles. The number of halogens is 5. The van der Waals surface area contributed by atoms with E-state index in [0.717, 1.165) is 0 Å².